The first kappa shape index (κ1) is 24.8. The summed E-state index contributed by atoms with van der Waals surface area (Å²) >= 11 is 0. The highest BCUT2D eigenvalue weighted by molar-refractivity contribution is 7.92. The highest BCUT2D eigenvalue weighted by atomic mass is 32.2. The van der Waals surface area contributed by atoms with Crippen LogP contribution < -0.4 is 19.7 Å². The minimum Gasteiger partial charge on any atom is -0.481 e. The topological polar surface area (TPSA) is 118 Å². The molecule has 2 aromatic carbocycles. The molecule has 10 heteroatoms. The number of anilines is 2. The van der Waals surface area contributed by atoms with Crippen LogP contribution in [0.25, 0.3) is 0 Å². The van der Waals surface area contributed by atoms with Crippen LogP contribution in [0.15, 0.2) is 71.3 Å². The molecule has 0 radical (unpaired) electrons. The average Bonchev–Trinajstić information content (AvgIpc) is 3.34. The summed E-state index contributed by atoms with van der Waals surface area (Å²) in [5.41, 5.74) is 1.14. The van der Waals surface area contributed by atoms with E-state index in [4.69, 9.17) is 9.15 Å². The van der Waals surface area contributed by atoms with Crippen LogP contribution in [-0.4, -0.2) is 39.6 Å². The molecular weight excluding hydrogens is 458 g/mol. The van der Waals surface area contributed by atoms with Gasteiger partial charge < -0.3 is 19.8 Å². The Kier molecular flexibility index (Phi) is 7.95. The van der Waals surface area contributed by atoms with Crippen molar-refractivity contribution in [2.75, 3.05) is 22.9 Å². The van der Waals surface area contributed by atoms with Crippen LogP contribution in [0.3, 0.4) is 0 Å². The predicted molar refractivity (Wildman–Crippen MR) is 129 cm³/mol. The molecule has 1 aromatic heterocycles. The lowest BCUT2D eigenvalue weighted by Crippen LogP contribution is -2.33. The lowest BCUT2D eigenvalue weighted by Gasteiger charge is -2.20. The van der Waals surface area contributed by atoms with Crippen LogP contribution in [0.1, 0.15) is 29.5 Å². The van der Waals surface area contributed by atoms with Gasteiger partial charge in [-0.3, -0.25) is 13.9 Å². The fraction of sp³-hybridized carbons (Fsp3) is 0.250. The number of benzene rings is 2. The van der Waals surface area contributed by atoms with Gasteiger partial charge in [-0.05, 0) is 55.0 Å². The van der Waals surface area contributed by atoms with Crippen molar-refractivity contribution in [1.82, 2.24) is 5.32 Å². The van der Waals surface area contributed by atoms with Gasteiger partial charge in [-0.25, -0.2) is 8.42 Å². The van der Waals surface area contributed by atoms with Gasteiger partial charge in [-0.1, -0.05) is 19.1 Å². The van der Waals surface area contributed by atoms with Gasteiger partial charge in [0.15, 0.2) is 6.10 Å². The molecular formula is C24H27N3O6S. The highest BCUT2D eigenvalue weighted by Gasteiger charge is 2.21. The molecule has 9 nitrogen and oxygen atoms in total. The van der Waals surface area contributed by atoms with E-state index < -0.39 is 22.0 Å². The molecule has 0 saturated carbocycles. The second-order valence-corrected chi connectivity index (χ2v) is 9.55. The van der Waals surface area contributed by atoms with E-state index in [-0.39, 0.29) is 12.5 Å². The maximum atomic E-state index is 12.9. The van der Waals surface area contributed by atoms with Crippen LogP contribution in [0.4, 0.5) is 11.4 Å². The normalized spacial score (nSPS) is 12.0. The van der Waals surface area contributed by atoms with Gasteiger partial charge in [0, 0.05) is 7.05 Å². The Hall–Kier alpha value is -3.79. The van der Waals surface area contributed by atoms with Crippen molar-refractivity contribution in [1.29, 1.82) is 0 Å². The molecule has 34 heavy (non-hydrogen) atoms. The molecule has 0 spiro atoms. The van der Waals surface area contributed by atoms with E-state index in [9.17, 15) is 18.0 Å². The van der Waals surface area contributed by atoms with Crippen molar-refractivity contribution >= 4 is 33.2 Å². The number of ether oxygens (including phenoxy) is 1. The van der Waals surface area contributed by atoms with E-state index in [0.29, 0.717) is 34.9 Å². The monoisotopic (exact) mass is 485 g/mol. The van der Waals surface area contributed by atoms with Crippen LogP contribution in [0.2, 0.25) is 0 Å². The van der Waals surface area contributed by atoms with Gasteiger partial charge in [0.25, 0.3) is 11.8 Å². The fourth-order valence-corrected chi connectivity index (χ4v) is 3.60. The van der Waals surface area contributed by atoms with Gasteiger partial charge in [-0.2, -0.15) is 0 Å². The lowest BCUT2D eigenvalue weighted by atomic mass is 10.1. The van der Waals surface area contributed by atoms with Gasteiger partial charge in [0.1, 0.15) is 11.5 Å². The third-order valence-corrected chi connectivity index (χ3v) is 6.28. The maximum Gasteiger partial charge on any atom is 0.265 e. The highest BCUT2D eigenvalue weighted by Crippen LogP contribution is 2.22. The minimum absolute atomic E-state index is 0.222. The number of carbonyl (C=O) groups excluding carboxylic acids is 2. The van der Waals surface area contributed by atoms with Crippen molar-refractivity contribution in [3.63, 3.8) is 0 Å². The Balaban J connectivity index is 1.66. The molecule has 1 heterocycles. The Morgan fingerprint density at radius 1 is 1.06 bits per heavy atom. The van der Waals surface area contributed by atoms with Crippen LogP contribution in [0, 0.1) is 0 Å². The standard InChI is InChI=1S/C24H27N3O6S/c1-4-22(33-18-13-11-17(12-14-18)27(2)34(3,30)31)24(29)26-21-10-6-5-9-20(21)23(28)25-16-19-8-7-15-32-19/h5-15,22H,4,16H2,1-3H3,(H,25,28)(H,26,29). The van der Waals surface area contributed by atoms with Crippen LogP contribution in [-0.2, 0) is 21.4 Å². The first-order valence-corrected chi connectivity index (χ1v) is 12.4. The van der Waals surface area contributed by atoms with Crippen molar-refractivity contribution in [2.24, 2.45) is 0 Å². The summed E-state index contributed by atoms with van der Waals surface area (Å²) in [6.07, 6.45) is 2.20. The minimum atomic E-state index is -3.38. The third-order valence-electron chi connectivity index (χ3n) is 5.07. The van der Waals surface area contributed by atoms with E-state index in [1.165, 1.54) is 13.3 Å². The Morgan fingerprint density at radius 3 is 2.38 bits per heavy atom. The number of sulfonamides is 1. The number of nitrogens with one attached hydrogen (secondary N) is 2. The zero-order valence-electron chi connectivity index (χ0n) is 19.1. The molecule has 0 aliphatic rings. The third kappa shape index (κ3) is 6.38. The lowest BCUT2D eigenvalue weighted by molar-refractivity contribution is -0.122. The molecule has 2 amide bonds. The Bertz CT molecular complexity index is 1220. The molecule has 180 valence electrons. The zero-order valence-corrected chi connectivity index (χ0v) is 20.0. The summed E-state index contributed by atoms with van der Waals surface area (Å²) in [5, 5.41) is 5.53. The fourth-order valence-electron chi connectivity index (χ4n) is 3.09. The molecule has 0 bridgehead atoms. The summed E-state index contributed by atoms with van der Waals surface area (Å²) < 4.78 is 35.6. The van der Waals surface area contributed by atoms with Gasteiger partial charge >= 0.3 is 0 Å². The van der Waals surface area contributed by atoms with Gasteiger partial charge in [0.05, 0.1) is 36.0 Å². The van der Waals surface area contributed by atoms with Crippen LogP contribution in [0.5, 0.6) is 5.75 Å². The van der Waals surface area contributed by atoms with Crippen molar-refractivity contribution in [2.45, 2.75) is 26.0 Å². The summed E-state index contributed by atoms with van der Waals surface area (Å²) in [6, 6.07) is 16.6. The molecule has 0 fully saturated rings. The van der Waals surface area contributed by atoms with E-state index in [0.717, 1.165) is 10.6 Å². The molecule has 3 rings (SSSR count). The summed E-state index contributed by atoms with van der Waals surface area (Å²) in [5.74, 6) is 0.262. The number of carbonyl (C=O) groups is 2. The molecule has 1 atom stereocenters. The summed E-state index contributed by atoms with van der Waals surface area (Å²) in [7, 11) is -1.93. The van der Waals surface area contributed by atoms with Crippen LogP contribution >= 0.6 is 0 Å². The average molecular weight is 486 g/mol. The van der Waals surface area contributed by atoms with E-state index in [2.05, 4.69) is 10.6 Å². The smallest absolute Gasteiger partial charge is 0.265 e. The van der Waals surface area contributed by atoms with Crippen molar-refractivity contribution < 1.29 is 27.2 Å². The second-order valence-electron chi connectivity index (χ2n) is 7.54. The number of hydrogen-bond donors (Lipinski definition) is 2. The Labute approximate surface area is 198 Å². The molecule has 1 unspecified atom stereocenters. The number of furan rings is 1. The van der Waals surface area contributed by atoms with Gasteiger partial charge in [0.2, 0.25) is 10.0 Å². The first-order chi connectivity index (χ1) is 16.2. The predicted octanol–water partition coefficient (Wildman–Crippen LogP) is 3.40. The molecule has 3 aromatic rings. The molecule has 2 N–H and O–H groups in total. The van der Waals surface area contributed by atoms with E-state index in [1.807, 2.05) is 0 Å². The zero-order chi connectivity index (χ0) is 24.7. The quantitative estimate of drug-likeness (QED) is 0.454. The van der Waals surface area contributed by atoms with Gasteiger partial charge in [-0.15, -0.1) is 0 Å². The van der Waals surface area contributed by atoms with Crippen molar-refractivity contribution in [3.05, 3.63) is 78.3 Å². The summed E-state index contributed by atoms with van der Waals surface area (Å²) in [6.45, 7) is 2.03. The molecule has 0 aliphatic heterocycles. The molecule has 0 aliphatic carbocycles. The van der Waals surface area contributed by atoms with Crippen molar-refractivity contribution in [3.8, 4) is 5.75 Å². The number of amides is 2. The number of para-hydroxylation sites is 1. The number of nitrogens with zero attached hydrogens (tertiary/aromatic N) is 1. The van der Waals surface area contributed by atoms with E-state index >= 15 is 0 Å². The maximum absolute atomic E-state index is 12.9. The Morgan fingerprint density at radius 2 is 1.76 bits per heavy atom. The molecule has 0 saturated heterocycles. The number of rotatable bonds is 10. The van der Waals surface area contributed by atoms with E-state index in [1.54, 1.807) is 67.6 Å². The number of hydrogen-bond acceptors (Lipinski definition) is 6. The summed E-state index contributed by atoms with van der Waals surface area (Å²) in [4.78, 5) is 25.6. The largest absolute Gasteiger partial charge is 0.481 e. The first-order valence-electron chi connectivity index (χ1n) is 10.6. The second kappa shape index (κ2) is 10.9. The SMILES string of the molecule is CCC(Oc1ccc(N(C)S(C)(=O)=O)cc1)C(=O)Nc1ccccc1C(=O)NCc1ccco1.